The van der Waals surface area contributed by atoms with Crippen LogP contribution in [0.15, 0.2) is 0 Å². The van der Waals surface area contributed by atoms with E-state index in [1.165, 1.54) is 12.8 Å². The molecule has 0 aromatic heterocycles. The molecular formula is C13H23NO2. The van der Waals surface area contributed by atoms with Gasteiger partial charge in [0, 0.05) is 26.3 Å². The van der Waals surface area contributed by atoms with Crippen LogP contribution in [0.2, 0.25) is 0 Å². The zero-order valence-electron chi connectivity index (χ0n) is 10.5. The van der Waals surface area contributed by atoms with Gasteiger partial charge in [0.2, 0.25) is 5.91 Å². The van der Waals surface area contributed by atoms with Gasteiger partial charge >= 0.3 is 0 Å². The Kier molecular flexibility index (Phi) is 3.53. The minimum Gasteiger partial charge on any atom is -0.381 e. The third-order valence-corrected chi connectivity index (χ3v) is 4.18. The lowest BCUT2D eigenvalue weighted by Gasteiger charge is -2.39. The first-order chi connectivity index (χ1) is 7.62. The van der Waals surface area contributed by atoms with E-state index < -0.39 is 0 Å². The summed E-state index contributed by atoms with van der Waals surface area (Å²) in [6.45, 7) is 7.78. The van der Waals surface area contributed by atoms with Crippen LogP contribution in [-0.2, 0) is 9.53 Å². The summed E-state index contributed by atoms with van der Waals surface area (Å²) >= 11 is 0. The SMILES string of the molecule is CC1CCN(C(=O)C2(C)CCOCC2)CC1. The first-order valence-electron chi connectivity index (χ1n) is 6.49. The van der Waals surface area contributed by atoms with Crippen molar-refractivity contribution in [3.63, 3.8) is 0 Å². The van der Waals surface area contributed by atoms with Gasteiger partial charge in [-0.2, -0.15) is 0 Å². The van der Waals surface area contributed by atoms with E-state index >= 15 is 0 Å². The van der Waals surface area contributed by atoms with Crippen molar-refractivity contribution in [1.82, 2.24) is 4.90 Å². The van der Waals surface area contributed by atoms with E-state index in [9.17, 15) is 4.79 Å². The summed E-state index contributed by atoms with van der Waals surface area (Å²) in [5, 5.41) is 0. The fraction of sp³-hybridized carbons (Fsp3) is 0.923. The largest absolute Gasteiger partial charge is 0.381 e. The lowest BCUT2D eigenvalue weighted by atomic mass is 9.80. The van der Waals surface area contributed by atoms with Gasteiger partial charge in [-0.05, 0) is 31.6 Å². The maximum atomic E-state index is 12.5. The molecule has 0 aliphatic carbocycles. The van der Waals surface area contributed by atoms with Crippen LogP contribution in [0.25, 0.3) is 0 Å². The Morgan fingerprint density at radius 2 is 1.81 bits per heavy atom. The highest BCUT2D eigenvalue weighted by Gasteiger charge is 2.38. The van der Waals surface area contributed by atoms with Crippen molar-refractivity contribution in [2.75, 3.05) is 26.3 Å². The third kappa shape index (κ3) is 2.40. The first-order valence-corrected chi connectivity index (χ1v) is 6.49. The number of carbonyl (C=O) groups is 1. The number of nitrogens with zero attached hydrogens (tertiary/aromatic N) is 1. The minimum absolute atomic E-state index is 0.154. The van der Waals surface area contributed by atoms with Crippen LogP contribution in [0, 0.1) is 11.3 Å². The lowest BCUT2D eigenvalue weighted by Crippen LogP contribution is -2.48. The van der Waals surface area contributed by atoms with E-state index in [1.54, 1.807) is 0 Å². The number of hydrogen-bond acceptors (Lipinski definition) is 2. The molecule has 2 rings (SSSR count). The van der Waals surface area contributed by atoms with Gasteiger partial charge in [-0.15, -0.1) is 0 Å². The number of likely N-dealkylation sites (tertiary alicyclic amines) is 1. The summed E-state index contributed by atoms with van der Waals surface area (Å²) in [4.78, 5) is 14.5. The van der Waals surface area contributed by atoms with Crippen molar-refractivity contribution in [2.24, 2.45) is 11.3 Å². The van der Waals surface area contributed by atoms with Crippen LogP contribution in [0.5, 0.6) is 0 Å². The van der Waals surface area contributed by atoms with Crippen LogP contribution < -0.4 is 0 Å². The molecule has 92 valence electrons. The molecule has 16 heavy (non-hydrogen) atoms. The Balaban J connectivity index is 1.95. The highest BCUT2D eigenvalue weighted by atomic mass is 16.5. The molecule has 2 saturated heterocycles. The quantitative estimate of drug-likeness (QED) is 0.683. The Hall–Kier alpha value is -0.570. The van der Waals surface area contributed by atoms with Crippen LogP contribution in [0.1, 0.15) is 39.5 Å². The van der Waals surface area contributed by atoms with Crippen molar-refractivity contribution in [1.29, 1.82) is 0 Å². The number of piperidine rings is 1. The standard InChI is InChI=1S/C13H23NO2/c1-11-3-7-14(8-4-11)12(15)13(2)5-9-16-10-6-13/h11H,3-10H2,1-2H3. The summed E-state index contributed by atoms with van der Waals surface area (Å²) in [7, 11) is 0. The zero-order chi connectivity index (χ0) is 11.6. The number of ether oxygens (including phenoxy) is 1. The van der Waals surface area contributed by atoms with Gasteiger partial charge in [0.15, 0.2) is 0 Å². The topological polar surface area (TPSA) is 29.5 Å². The molecule has 0 spiro atoms. The highest BCUT2D eigenvalue weighted by Crippen LogP contribution is 2.33. The minimum atomic E-state index is -0.154. The van der Waals surface area contributed by atoms with Crippen molar-refractivity contribution in [3.05, 3.63) is 0 Å². The fourth-order valence-electron chi connectivity index (χ4n) is 2.63. The van der Waals surface area contributed by atoms with Crippen LogP contribution >= 0.6 is 0 Å². The molecule has 2 aliphatic heterocycles. The number of amides is 1. The van der Waals surface area contributed by atoms with Crippen molar-refractivity contribution >= 4 is 5.91 Å². The maximum absolute atomic E-state index is 12.5. The number of hydrogen-bond donors (Lipinski definition) is 0. The molecule has 0 radical (unpaired) electrons. The molecule has 2 fully saturated rings. The molecule has 0 unspecified atom stereocenters. The van der Waals surface area contributed by atoms with E-state index in [0.29, 0.717) is 5.91 Å². The molecule has 2 heterocycles. The Morgan fingerprint density at radius 1 is 1.25 bits per heavy atom. The molecule has 0 bridgehead atoms. The average molecular weight is 225 g/mol. The number of rotatable bonds is 1. The van der Waals surface area contributed by atoms with E-state index in [4.69, 9.17) is 4.74 Å². The van der Waals surface area contributed by atoms with Crippen molar-refractivity contribution < 1.29 is 9.53 Å². The molecule has 0 aromatic carbocycles. The fourth-order valence-corrected chi connectivity index (χ4v) is 2.63. The smallest absolute Gasteiger partial charge is 0.228 e. The maximum Gasteiger partial charge on any atom is 0.228 e. The normalized spacial score (nSPS) is 26.8. The summed E-state index contributed by atoms with van der Waals surface area (Å²) in [6, 6.07) is 0. The summed E-state index contributed by atoms with van der Waals surface area (Å²) in [5.41, 5.74) is -0.154. The van der Waals surface area contributed by atoms with Gasteiger partial charge in [-0.1, -0.05) is 13.8 Å². The molecule has 2 aliphatic rings. The van der Waals surface area contributed by atoms with Crippen LogP contribution in [0.3, 0.4) is 0 Å². The Bertz CT molecular complexity index is 251. The molecule has 1 amide bonds. The molecule has 0 N–H and O–H groups in total. The van der Waals surface area contributed by atoms with Crippen LogP contribution in [-0.4, -0.2) is 37.1 Å². The van der Waals surface area contributed by atoms with Gasteiger partial charge in [-0.3, -0.25) is 4.79 Å². The Morgan fingerprint density at radius 3 is 2.38 bits per heavy atom. The van der Waals surface area contributed by atoms with Gasteiger partial charge in [0.05, 0.1) is 5.41 Å². The summed E-state index contributed by atoms with van der Waals surface area (Å²) < 4.78 is 5.35. The van der Waals surface area contributed by atoms with Crippen molar-refractivity contribution in [2.45, 2.75) is 39.5 Å². The van der Waals surface area contributed by atoms with Gasteiger partial charge in [-0.25, -0.2) is 0 Å². The second kappa shape index (κ2) is 4.74. The molecule has 0 saturated carbocycles. The predicted octanol–water partition coefficient (Wildman–Crippen LogP) is 2.06. The van der Waals surface area contributed by atoms with Crippen LogP contribution in [0.4, 0.5) is 0 Å². The molecule has 0 aromatic rings. The van der Waals surface area contributed by atoms with Gasteiger partial charge in [0.25, 0.3) is 0 Å². The predicted molar refractivity (Wildman–Crippen MR) is 63.1 cm³/mol. The van der Waals surface area contributed by atoms with E-state index in [1.807, 2.05) is 0 Å². The lowest BCUT2D eigenvalue weighted by molar-refractivity contribution is -0.147. The van der Waals surface area contributed by atoms with E-state index in [0.717, 1.165) is 45.1 Å². The van der Waals surface area contributed by atoms with E-state index in [-0.39, 0.29) is 5.41 Å². The van der Waals surface area contributed by atoms with Gasteiger partial charge in [0.1, 0.15) is 0 Å². The monoisotopic (exact) mass is 225 g/mol. The average Bonchev–Trinajstić information content (AvgIpc) is 2.30. The third-order valence-electron chi connectivity index (χ3n) is 4.18. The van der Waals surface area contributed by atoms with E-state index in [2.05, 4.69) is 18.7 Å². The Labute approximate surface area is 98.1 Å². The second-order valence-corrected chi connectivity index (χ2v) is 5.65. The number of carbonyl (C=O) groups excluding carboxylic acids is 1. The zero-order valence-corrected chi connectivity index (χ0v) is 10.5. The van der Waals surface area contributed by atoms with Gasteiger partial charge < -0.3 is 9.64 Å². The molecule has 3 nitrogen and oxygen atoms in total. The summed E-state index contributed by atoms with van der Waals surface area (Å²) in [5.74, 6) is 1.15. The second-order valence-electron chi connectivity index (χ2n) is 5.65. The van der Waals surface area contributed by atoms with Crippen molar-refractivity contribution in [3.8, 4) is 0 Å². The first kappa shape index (κ1) is 11.9. The summed E-state index contributed by atoms with van der Waals surface area (Å²) in [6.07, 6.45) is 4.10. The molecular weight excluding hydrogens is 202 g/mol. The molecule has 0 atom stereocenters. The highest BCUT2D eigenvalue weighted by molar-refractivity contribution is 5.82. The molecule has 3 heteroatoms.